The zero-order valence-electron chi connectivity index (χ0n) is 16.2. The van der Waals surface area contributed by atoms with Gasteiger partial charge in [0.15, 0.2) is 0 Å². The number of fused-ring (bicyclic) bond motifs is 1. The molecular weight excluding hydrogens is 400 g/mol. The van der Waals surface area contributed by atoms with Gasteiger partial charge in [-0.2, -0.15) is 0 Å². The molecule has 0 unspecified atom stereocenters. The third-order valence-electron chi connectivity index (χ3n) is 4.96. The van der Waals surface area contributed by atoms with Gasteiger partial charge in [0.05, 0.1) is 16.5 Å². The molecule has 0 bridgehead atoms. The number of aryl methyl sites for hydroxylation is 1. The molecule has 29 heavy (non-hydrogen) atoms. The number of rotatable bonds is 4. The lowest BCUT2D eigenvalue weighted by atomic mass is 10.0. The fourth-order valence-electron chi connectivity index (χ4n) is 3.16. The van der Waals surface area contributed by atoms with E-state index in [9.17, 15) is 18.4 Å². The third kappa shape index (κ3) is 3.96. The average Bonchev–Trinajstić information content (AvgIpc) is 2.70. The van der Waals surface area contributed by atoms with Gasteiger partial charge < -0.3 is 14.8 Å². The Labute approximate surface area is 171 Å². The molecule has 0 saturated heterocycles. The smallest absolute Gasteiger partial charge is 0.321 e. The molecule has 0 saturated carbocycles. The second-order valence-electron chi connectivity index (χ2n) is 6.68. The monoisotopic (exact) mass is 419 g/mol. The van der Waals surface area contributed by atoms with Crippen molar-refractivity contribution in [2.45, 2.75) is 26.4 Å². The van der Waals surface area contributed by atoms with Crippen LogP contribution in [0.3, 0.4) is 0 Å². The van der Waals surface area contributed by atoms with Gasteiger partial charge in [0.2, 0.25) is 0 Å². The molecule has 0 aliphatic rings. The third-order valence-corrected chi connectivity index (χ3v) is 5.25. The van der Waals surface area contributed by atoms with Gasteiger partial charge in [-0.25, -0.2) is 13.6 Å². The van der Waals surface area contributed by atoms with Crippen molar-refractivity contribution in [3.05, 3.63) is 75.2 Å². The van der Waals surface area contributed by atoms with E-state index in [0.717, 1.165) is 6.07 Å². The summed E-state index contributed by atoms with van der Waals surface area (Å²) in [4.78, 5) is 26.6. The predicted molar refractivity (Wildman–Crippen MR) is 110 cm³/mol. The SMILES string of the molecule is CCn1cc([C@H](C)N(C)C(=O)Nc2ccc(F)c(Cl)c2)c2cccc(F)c2c1=O. The zero-order chi connectivity index (χ0) is 21.3. The van der Waals surface area contributed by atoms with Crippen LogP contribution >= 0.6 is 11.6 Å². The molecule has 2 aromatic carbocycles. The van der Waals surface area contributed by atoms with E-state index < -0.39 is 29.3 Å². The molecule has 1 atom stereocenters. The number of nitrogens with one attached hydrogen (secondary N) is 1. The summed E-state index contributed by atoms with van der Waals surface area (Å²) in [6.45, 7) is 3.94. The largest absolute Gasteiger partial charge is 0.322 e. The maximum Gasteiger partial charge on any atom is 0.322 e. The van der Waals surface area contributed by atoms with Crippen molar-refractivity contribution in [3.8, 4) is 0 Å². The van der Waals surface area contributed by atoms with E-state index in [4.69, 9.17) is 11.6 Å². The summed E-state index contributed by atoms with van der Waals surface area (Å²) in [6.07, 6.45) is 1.65. The molecule has 0 aliphatic carbocycles. The van der Waals surface area contributed by atoms with Crippen molar-refractivity contribution in [2.75, 3.05) is 12.4 Å². The average molecular weight is 420 g/mol. The highest BCUT2D eigenvalue weighted by Crippen LogP contribution is 2.28. The molecule has 0 fully saturated rings. The number of nitrogens with zero attached hydrogens (tertiary/aromatic N) is 2. The number of anilines is 1. The molecule has 152 valence electrons. The number of carbonyl (C=O) groups is 1. The molecule has 1 N–H and O–H groups in total. The minimum atomic E-state index is -0.600. The van der Waals surface area contributed by atoms with Crippen LogP contribution in [-0.2, 0) is 6.54 Å². The number of carbonyl (C=O) groups excluding carboxylic acids is 1. The van der Waals surface area contributed by atoms with Gasteiger partial charge in [-0.1, -0.05) is 23.7 Å². The first-order valence-corrected chi connectivity index (χ1v) is 9.42. The fourth-order valence-corrected chi connectivity index (χ4v) is 3.34. The Morgan fingerprint density at radius 3 is 2.62 bits per heavy atom. The maximum absolute atomic E-state index is 14.4. The molecule has 0 aliphatic heterocycles. The van der Waals surface area contributed by atoms with E-state index in [0.29, 0.717) is 23.2 Å². The summed E-state index contributed by atoms with van der Waals surface area (Å²) in [7, 11) is 1.58. The number of hydrogen-bond donors (Lipinski definition) is 1. The summed E-state index contributed by atoms with van der Waals surface area (Å²) in [5, 5.41) is 3.00. The van der Waals surface area contributed by atoms with Crippen molar-refractivity contribution < 1.29 is 13.6 Å². The van der Waals surface area contributed by atoms with Crippen LogP contribution in [0.25, 0.3) is 10.8 Å². The van der Waals surface area contributed by atoms with Crippen molar-refractivity contribution in [1.29, 1.82) is 0 Å². The summed E-state index contributed by atoms with van der Waals surface area (Å²) in [5.74, 6) is -1.18. The maximum atomic E-state index is 14.4. The van der Waals surface area contributed by atoms with Gasteiger partial charge >= 0.3 is 6.03 Å². The molecule has 0 spiro atoms. The number of halogens is 3. The van der Waals surface area contributed by atoms with E-state index in [2.05, 4.69) is 5.32 Å². The highest BCUT2D eigenvalue weighted by atomic mass is 35.5. The lowest BCUT2D eigenvalue weighted by Gasteiger charge is -2.27. The molecule has 1 aromatic heterocycles. The Balaban J connectivity index is 1.97. The van der Waals surface area contributed by atoms with Crippen molar-refractivity contribution in [3.63, 3.8) is 0 Å². The summed E-state index contributed by atoms with van der Waals surface area (Å²) in [5.41, 5.74) is 0.565. The highest BCUT2D eigenvalue weighted by molar-refractivity contribution is 6.31. The van der Waals surface area contributed by atoms with Gasteiger partial charge in [0.25, 0.3) is 5.56 Å². The van der Waals surface area contributed by atoms with Gasteiger partial charge in [-0.15, -0.1) is 0 Å². The number of aromatic nitrogens is 1. The molecule has 0 radical (unpaired) electrons. The van der Waals surface area contributed by atoms with Crippen LogP contribution in [0, 0.1) is 11.6 Å². The number of urea groups is 1. The second kappa shape index (κ2) is 8.21. The van der Waals surface area contributed by atoms with Crippen LogP contribution in [0.1, 0.15) is 25.5 Å². The van der Waals surface area contributed by atoms with Crippen molar-refractivity contribution in [1.82, 2.24) is 9.47 Å². The molecule has 3 aromatic rings. The minimum Gasteiger partial charge on any atom is -0.321 e. The number of amides is 2. The van der Waals surface area contributed by atoms with E-state index in [1.807, 2.05) is 0 Å². The molecule has 8 heteroatoms. The topological polar surface area (TPSA) is 54.3 Å². The molecule has 1 heterocycles. The molecule has 2 amide bonds. The normalized spacial score (nSPS) is 12.1. The van der Waals surface area contributed by atoms with Crippen LogP contribution in [0.15, 0.2) is 47.4 Å². The van der Waals surface area contributed by atoms with Gasteiger partial charge in [0, 0.05) is 25.5 Å². The first-order chi connectivity index (χ1) is 13.7. The van der Waals surface area contributed by atoms with Crippen molar-refractivity contribution in [2.24, 2.45) is 0 Å². The minimum absolute atomic E-state index is 0.00201. The Morgan fingerprint density at radius 2 is 1.97 bits per heavy atom. The quantitative estimate of drug-likeness (QED) is 0.633. The number of benzene rings is 2. The first kappa shape index (κ1) is 20.8. The van der Waals surface area contributed by atoms with Crippen LogP contribution in [0.2, 0.25) is 5.02 Å². The van der Waals surface area contributed by atoms with Crippen LogP contribution in [0.4, 0.5) is 19.3 Å². The number of pyridine rings is 1. The van der Waals surface area contributed by atoms with Crippen LogP contribution < -0.4 is 10.9 Å². The Morgan fingerprint density at radius 1 is 1.24 bits per heavy atom. The first-order valence-electron chi connectivity index (χ1n) is 9.05. The van der Waals surface area contributed by atoms with Crippen molar-refractivity contribution >= 4 is 34.1 Å². The van der Waals surface area contributed by atoms with Gasteiger partial charge in [0.1, 0.15) is 11.6 Å². The molecular formula is C21H20ClF2N3O2. The van der Waals surface area contributed by atoms with E-state index in [1.165, 1.54) is 33.7 Å². The number of hydrogen-bond acceptors (Lipinski definition) is 2. The standard InChI is InChI=1S/C21H20ClF2N3O2/c1-4-27-11-15(14-6-5-7-18(24)19(14)20(27)28)12(2)26(3)21(29)25-13-8-9-17(23)16(22)10-13/h5-12H,4H2,1-3H3,(H,25,29)/t12-/m0/s1. The highest BCUT2D eigenvalue weighted by Gasteiger charge is 2.22. The zero-order valence-corrected chi connectivity index (χ0v) is 16.9. The lowest BCUT2D eigenvalue weighted by molar-refractivity contribution is 0.208. The molecule has 3 rings (SSSR count). The fraction of sp³-hybridized carbons (Fsp3) is 0.238. The summed E-state index contributed by atoms with van der Waals surface area (Å²) in [6, 6.07) is 7.38. The molecule has 5 nitrogen and oxygen atoms in total. The van der Waals surface area contributed by atoms with Crippen LogP contribution in [-0.4, -0.2) is 22.5 Å². The van der Waals surface area contributed by atoms with Gasteiger partial charge in [-0.05, 0) is 49.1 Å². The Kier molecular flexibility index (Phi) is 5.88. The second-order valence-corrected chi connectivity index (χ2v) is 7.09. The Hall–Kier alpha value is -2.93. The summed E-state index contributed by atoms with van der Waals surface area (Å²) >= 11 is 5.76. The van der Waals surface area contributed by atoms with E-state index in [1.54, 1.807) is 33.2 Å². The van der Waals surface area contributed by atoms with Gasteiger partial charge in [-0.3, -0.25) is 4.79 Å². The predicted octanol–water partition coefficient (Wildman–Crippen LogP) is 5.18. The lowest BCUT2D eigenvalue weighted by Crippen LogP contribution is -2.34. The summed E-state index contributed by atoms with van der Waals surface area (Å²) < 4.78 is 29.1. The van der Waals surface area contributed by atoms with E-state index >= 15 is 0 Å². The van der Waals surface area contributed by atoms with E-state index in [-0.39, 0.29) is 10.4 Å². The van der Waals surface area contributed by atoms with Crippen LogP contribution in [0.5, 0.6) is 0 Å². The Bertz CT molecular complexity index is 1150.